The van der Waals surface area contributed by atoms with E-state index in [4.69, 9.17) is 21.1 Å². The molecule has 1 heterocycles. The number of fused-ring (bicyclic) bond motifs is 1. The van der Waals surface area contributed by atoms with Crippen molar-refractivity contribution in [2.24, 2.45) is 4.99 Å². The van der Waals surface area contributed by atoms with Gasteiger partial charge >= 0.3 is 0 Å². The Morgan fingerprint density at radius 2 is 2.10 bits per heavy atom. The first-order valence-electron chi connectivity index (χ1n) is 6.65. The Morgan fingerprint density at radius 3 is 2.80 bits per heavy atom. The average molecular weight is 298 g/mol. The lowest BCUT2D eigenvalue weighted by molar-refractivity contribution is 0.171. The molecule has 1 aliphatic rings. The number of hydrogen-bond acceptors (Lipinski definition) is 3. The van der Waals surface area contributed by atoms with Crippen molar-refractivity contribution in [3.63, 3.8) is 0 Å². The SMILES string of the molecule is CN=C(NCc1cc(Cl)c2c(c1)OCCO2)NC(C)C. The molecule has 0 fully saturated rings. The largest absolute Gasteiger partial charge is 0.486 e. The number of guanidine groups is 1. The molecule has 0 unspecified atom stereocenters. The molecule has 0 saturated carbocycles. The van der Waals surface area contributed by atoms with Gasteiger partial charge in [0.25, 0.3) is 0 Å². The van der Waals surface area contributed by atoms with E-state index in [-0.39, 0.29) is 0 Å². The van der Waals surface area contributed by atoms with Gasteiger partial charge in [0.1, 0.15) is 13.2 Å². The summed E-state index contributed by atoms with van der Waals surface area (Å²) in [5.41, 5.74) is 1.02. The lowest BCUT2D eigenvalue weighted by Gasteiger charge is -2.21. The molecular formula is C14H20ClN3O2. The van der Waals surface area contributed by atoms with Gasteiger partial charge in [-0.3, -0.25) is 4.99 Å². The van der Waals surface area contributed by atoms with Crippen molar-refractivity contribution in [1.29, 1.82) is 0 Å². The second kappa shape index (κ2) is 6.70. The molecule has 110 valence electrons. The molecular weight excluding hydrogens is 278 g/mol. The van der Waals surface area contributed by atoms with Gasteiger partial charge in [0.15, 0.2) is 17.5 Å². The number of ether oxygens (including phenoxy) is 2. The predicted molar refractivity (Wildman–Crippen MR) is 80.9 cm³/mol. The molecule has 6 heteroatoms. The van der Waals surface area contributed by atoms with E-state index in [1.807, 2.05) is 12.1 Å². The van der Waals surface area contributed by atoms with E-state index in [0.717, 1.165) is 11.5 Å². The first kappa shape index (κ1) is 14.8. The number of aliphatic imine (C=N–C) groups is 1. The van der Waals surface area contributed by atoms with E-state index in [0.29, 0.717) is 42.3 Å². The number of benzene rings is 1. The van der Waals surface area contributed by atoms with Gasteiger partial charge in [-0.15, -0.1) is 0 Å². The molecule has 0 amide bonds. The molecule has 0 spiro atoms. The molecule has 1 aliphatic heterocycles. The Balaban J connectivity index is 2.05. The van der Waals surface area contributed by atoms with Crippen LogP contribution in [0.2, 0.25) is 5.02 Å². The van der Waals surface area contributed by atoms with Crippen LogP contribution in [0.3, 0.4) is 0 Å². The Hall–Kier alpha value is -1.62. The summed E-state index contributed by atoms with van der Waals surface area (Å²) in [4.78, 5) is 4.16. The van der Waals surface area contributed by atoms with Crippen molar-refractivity contribution in [2.45, 2.75) is 26.4 Å². The van der Waals surface area contributed by atoms with Crippen LogP contribution >= 0.6 is 11.6 Å². The van der Waals surface area contributed by atoms with Crippen molar-refractivity contribution in [3.8, 4) is 11.5 Å². The molecule has 5 nitrogen and oxygen atoms in total. The topological polar surface area (TPSA) is 54.9 Å². The Labute approximate surface area is 124 Å². The Bertz CT molecular complexity index is 503. The van der Waals surface area contributed by atoms with Crippen LogP contribution in [0, 0.1) is 0 Å². The standard InChI is InChI=1S/C14H20ClN3O2/c1-9(2)18-14(16-3)17-8-10-6-11(15)13-12(7-10)19-4-5-20-13/h6-7,9H,4-5,8H2,1-3H3,(H2,16,17,18). The van der Waals surface area contributed by atoms with Crippen LogP contribution in [0.25, 0.3) is 0 Å². The number of rotatable bonds is 3. The molecule has 0 aliphatic carbocycles. The minimum atomic E-state index is 0.324. The molecule has 0 saturated heterocycles. The number of halogens is 1. The van der Waals surface area contributed by atoms with Crippen LogP contribution in [-0.4, -0.2) is 32.3 Å². The van der Waals surface area contributed by atoms with Crippen LogP contribution in [0.15, 0.2) is 17.1 Å². The fourth-order valence-corrected chi connectivity index (χ4v) is 2.21. The highest BCUT2D eigenvalue weighted by Crippen LogP contribution is 2.38. The zero-order valence-electron chi connectivity index (χ0n) is 12.0. The Morgan fingerprint density at radius 1 is 1.35 bits per heavy atom. The summed E-state index contributed by atoms with van der Waals surface area (Å²) in [5, 5.41) is 7.04. The highest BCUT2D eigenvalue weighted by atomic mass is 35.5. The minimum Gasteiger partial charge on any atom is -0.486 e. The number of nitrogens with zero attached hydrogens (tertiary/aromatic N) is 1. The van der Waals surface area contributed by atoms with Crippen LogP contribution in [0.4, 0.5) is 0 Å². The molecule has 1 aromatic carbocycles. The third kappa shape index (κ3) is 3.70. The van der Waals surface area contributed by atoms with Crippen molar-refractivity contribution in [3.05, 3.63) is 22.7 Å². The maximum Gasteiger partial charge on any atom is 0.191 e. The van der Waals surface area contributed by atoms with Gasteiger partial charge in [0, 0.05) is 19.6 Å². The first-order valence-corrected chi connectivity index (χ1v) is 7.03. The molecule has 0 atom stereocenters. The van der Waals surface area contributed by atoms with Gasteiger partial charge in [-0.2, -0.15) is 0 Å². The summed E-state index contributed by atoms with van der Waals surface area (Å²) >= 11 is 6.20. The van der Waals surface area contributed by atoms with Gasteiger partial charge in [-0.1, -0.05) is 11.6 Å². The monoisotopic (exact) mass is 297 g/mol. The van der Waals surface area contributed by atoms with Crippen LogP contribution in [0.5, 0.6) is 11.5 Å². The number of hydrogen-bond donors (Lipinski definition) is 2. The van der Waals surface area contributed by atoms with Gasteiger partial charge in [-0.25, -0.2) is 0 Å². The minimum absolute atomic E-state index is 0.324. The predicted octanol–water partition coefficient (Wildman–Crippen LogP) is 2.18. The lowest BCUT2D eigenvalue weighted by Crippen LogP contribution is -2.40. The molecule has 2 rings (SSSR count). The van der Waals surface area contributed by atoms with Crippen LogP contribution in [0.1, 0.15) is 19.4 Å². The molecule has 0 aromatic heterocycles. The molecule has 0 bridgehead atoms. The smallest absolute Gasteiger partial charge is 0.191 e. The highest BCUT2D eigenvalue weighted by molar-refractivity contribution is 6.32. The van der Waals surface area contributed by atoms with Crippen LogP contribution < -0.4 is 20.1 Å². The van der Waals surface area contributed by atoms with E-state index < -0.39 is 0 Å². The average Bonchev–Trinajstić information content (AvgIpc) is 2.43. The molecule has 20 heavy (non-hydrogen) atoms. The van der Waals surface area contributed by atoms with Crippen LogP contribution in [-0.2, 0) is 6.54 Å². The quantitative estimate of drug-likeness (QED) is 0.663. The van der Waals surface area contributed by atoms with E-state index >= 15 is 0 Å². The fraction of sp³-hybridized carbons (Fsp3) is 0.500. The maximum atomic E-state index is 6.20. The lowest BCUT2D eigenvalue weighted by atomic mass is 10.2. The van der Waals surface area contributed by atoms with Gasteiger partial charge in [-0.05, 0) is 31.5 Å². The van der Waals surface area contributed by atoms with E-state index in [9.17, 15) is 0 Å². The second-order valence-electron chi connectivity index (χ2n) is 4.83. The number of nitrogens with one attached hydrogen (secondary N) is 2. The summed E-state index contributed by atoms with van der Waals surface area (Å²) in [6.45, 7) is 5.83. The van der Waals surface area contributed by atoms with Crippen molar-refractivity contribution in [2.75, 3.05) is 20.3 Å². The van der Waals surface area contributed by atoms with Gasteiger partial charge in [0.2, 0.25) is 0 Å². The Kier molecular flexibility index (Phi) is 4.95. The van der Waals surface area contributed by atoms with E-state index in [2.05, 4.69) is 29.5 Å². The van der Waals surface area contributed by atoms with Crippen molar-refractivity contribution in [1.82, 2.24) is 10.6 Å². The molecule has 1 aromatic rings. The first-order chi connectivity index (χ1) is 9.60. The third-order valence-electron chi connectivity index (χ3n) is 2.77. The van der Waals surface area contributed by atoms with E-state index in [1.54, 1.807) is 7.05 Å². The van der Waals surface area contributed by atoms with Gasteiger partial charge < -0.3 is 20.1 Å². The fourth-order valence-electron chi connectivity index (χ4n) is 1.92. The molecule has 2 N–H and O–H groups in total. The van der Waals surface area contributed by atoms with Crippen molar-refractivity contribution < 1.29 is 9.47 Å². The summed E-state index contributed by atoms with van der Waals surface area (Å²) in [7, 11) is 1.74. The van der Waals surface area contributed by atoms with E-state index in [1.165, 1.54) is 0 Å². The summed E-state index contributed by atoms with van der Waals surface area (Å²) < 4.78 is 11.1. The van der Waals surface area contributed by atoms with Crippen molar-refractivity contribution >= 4 is 17.6 Å². The van der Waals surface area contributed by atoms with Gasteiger partial charge in [0.05, 0.1) is 5.02 Å². The summed E-state index contributed by atoms with van der Waals surface area (Å²) in [6, 6.07) is 4.14. The molecule has 0 radical (unpaired) electrons. The zero-order valence-corrected chi connectivity index (χ0v) is 12.8. The highest BCUT2D eigenvalue weighted by Gasteiger charge is 2.16. The maximum absolute atomic E-state index is 6.20. The normalized spacial score (nSPS) is 14.3. The summed E-state index contributed by atoms with van der Waals surface area (Å²) in [6.07, 6.45) is 0. The summed E-state index contributed by atoms with van der Waals surface area (Å²) in [5.74, 6) is 2.09. The third-order valence-corrected chi connectivity index (χ3v) is 3.05. The second-order valence-corrected chi connectivity index (χ2v) is 5.23. The zero-order chi connectivity index (χ0) is 14.5.